The van der Waals surface area contributed by atoms with Gasteiger partial charge in [-0.05, 0) is 38.1 Å². The van der Waals surface area contributed by atoms with E-state index in [1.54, 1.807) is 48.5 Å². The maximum Gasteiger partial charge on any atom is 0.326 e. The van der Waals surface area contributed by atoms with Crippen molar-refractivity contribution in [3.63, 3.8) is 0 Å². The van der Waals surface area contributed by atoms with Gasteiger partial charge >= 0.3 is 5.97 Å². The summed E-state index contributed by atoms with van der Waals surface area (Å²) < 4.78 is 5.02. The Balaban J connectivity index is 1.83. The molecule has 0 fully saturated rings. The quantitative estimate of drug-likeness (QED) is 0.576. The van der Waals surface area contributed by atoms with Gasteiger partial charge in [-0.15, -0.1) is 0 Å². The number of rotatable bonds is 7. The number of hydrogen-bond donors (Lipinski definition) is 2. The van der Waals surface area contributed by atoms with Crippen LogP contribution < -0.4 is 10.6 Å². The van der Waals surface area contributed by atoms with Crippen LogP contribution in [0.5, 0.6) is 0 Å². The number of hydrogen-bond acceptors (Lipinski definition) is 5. The Kier molecular flexibility index (Phi) is 6.82. The lowest BCUT2D eigenvalue weighted by Gasteiger charge is -2.14. The van der Waals surface area contributed by atoms with Crippen molar-refractivity contribution in [2.24, 2.45) is 0 Å². The third kappa shape index (κ3) is 6.07. The van der Waals surface area contributed by atoms with Gasteiger partial charge in [-0.25, -0.2) is 0 Å². The topological polar surface area (TPSA) is 102 Å². The Hall–Kier alpha value is -3.48. The molecule has 1 atom stereocenters. The van der Waals surface area contributed by atoms with E-state index in [1.165, 1.54) is 19.9 Å². The largest absolute Gasteiger partial charge is 0.451 e. The van der Waals surface area contributed by atoms with Gasteiger partial charge in [-0.3, -0.25) is 19.2 Å². The summed E-state index contributed by atoms with van der Waals surface area (Å²) in [5, 5.41) is 5.01. The van der Waals surface area contributed by atoms with E-state index in [2.05, 4.69) is 10.6 Å². The summed E-state index contributed by atoms with van der Waals surface area (Å²) in [6.07, 6.45) is -1.06. The molecule has 140 valence electrons. The highest BCUT2D eigenvalue weighted by molar-refractivity contribution is 5.99. The minimum atomic E-state index is -1.06. The molecule has 7 heteroatoms. The van der Waals surface area contributed by atoms with Gasteiger partial charge < -0.3 is 15.4 Å². The normalized spacial score (nSPS) is 11.2. The van der Waals surface area contributed by atoms with E-state index in [0.29, 0.717) is 16.8 Å². The molecular formula is C20H20N2O5. The van der Waals surface area contributed by atoms with Crippen molar-refractivity contribution in [3.05, 3.63) is 65.7 Å². The van der Waals surface area contributed by atoms with Gasteiger partial charge in [0.1, 0.15) is 6.54 Å². The predicted octanol–water partition coefficient (Wildman–Crippen LogP) is 2.19. The van der Waals surface area contributed by atoms with Crippen molar-refractivity contribution in [1.29, 1.82) is 0 Å². The fourth-order valence-corrected chi connectivity index (χ4v) is 2.20. The molecule has 0 bridgehead atoms. The molecule has 2 aromatic carbocycles. The number of Topliss-reactive ketones (excluding diaryl/α,β-unsaturated/α-hetero) is 1. The van der Waals surface area contributed by atoms with E-state index in [9.17, 15) is 19.2 Å². The summed E-state index contributed by atoms with van der Waals surface area (Å²) in [5.41, 5.74) is 1.30. The summed E-state index contributed by atoms with van der Waals surface area (Å²) in [6, 6.07) is 14.9. The predicted molar refractivity (Wildman–Crippen MR) is 99.4 cm³/mol. The summed E-state index contributed by atoms with van der Waals surface area (Å²) in [6.45, 7) is 2.49. The van der Waals surface area contributed by atoms with Gasteiger partial charge in [0.2, 0.25) is 0 Å². The first-order chi connectivity index (χ1) is 12.9. The van der Waals surface area contributed by atoms with E-state index in [4.69, 9.17) is 4.74 Å². The summed E-state index contributed by atoms with van der Waals surface area (Å²) in [4.78, 5) is 47.2. The highest BCUT2D eigenvalue weighted by atomic mass is 16.5. The van der Waals surface area contributed by atoms with E-state index in [-0.39, 0.29) is 12.3 Å². The average molecular weight is 368 g/mol. The van der Waals surface area contributed by atoms with Gasteiger partial charge in [-0.1, -0.05) is 30.3 Å². The lowest BCUT2D eigenvalue weighted by molar-refractivity contribution is -0.152. The number of anilines is 1. The SMILES string of the molecule is CC(=O)c1cccc(NC(=O)[C@@H](C)OC(=O)CNC(=O)c2ccccc2)c1. The van der Waals surface area contributed by atoms with Crippen LogP contribution in [0.15, 0.2) is 54.6 Å². The Morgan fingerprint density at radius 1 is 0.963 bits per heavy atom. The van der Waals surface area contributed by atoms with Gasteiger partial charge in [0, 0.05) is 16.8 Å². The molecule has 0 aliphatic heterocycles. The van der Waals surface area contributed by atoms with Crippen LogP contribution in [-0.2, 0) is 14.3 Å². The second-order valence-corrected chi connectivity index (χ2v) is 5.81. The van der Waals surface area contributed by atoms with Crippen LogP contribution in [0.3, 0.4) is 0 Å². The van der Waals surface area contributed by atoms with E-state index in [1.807, 2.05) is 0 Å². The average Bonchev–Trinajstić information content (AvgIpc) is 2.66. The van der Waals surface area contributed by atoms with Crippen LogP contribution in [-0.4, -0.2) is 36.2 Å². The summed E-state index contributed by atoms with van der Waals surface area (Å²) in [7, 11) is 0. The zero-order valence-electron chi connectivity index (χ0n) is 15.0. The maximum atomic E-state index is 12.1. The van der Waals surface area contributed by atoms with Gasteiger partial charge in [0.15, 0.2) is 11.9 Å². The molecule has 0 radical (unpaired) electrons. The minimum Gasteiger partial charge on any atom is -0.451 e. The number of carbonyl (C=O) groups excluding carboxylic acids is 4. The molecule has 27 heavy (non-hydrogen) atoms. The monoisotopic (exact) mass is 368 g/mol. The van der Waals surface area contributed by atoms with Crippen molar-refractivity contribution < 1.29 is 23.9 Å². The Labute approximate surface area is 156 Å². The third-order valence-electron chi connectivity index (χ3n) is 3.64. The third-order valence-corrected chi connectivity index (χ3v) is 3.64. The van der Waals surface area contributed by atoms with Crippen molar-refractivity contribution in [2.45, 2.75) is 20.0 Å². The fourth-order valence-electron chi connectivity index (χ4n) is 2.20. The molecule has 0 heterocycles. The molecule has 2 amide bonds. The molecule has 0 spiro atoms. The molecule has 2 N–H and O–H groups in total. The fraction of sp³-hybridized carbons (Fsp3) is 0.200. The number of esters is 1. The summed E-state index contributed by atoms with van der Waals surface area (Å²) >= 11 is 0. The number of amides is 2. The molecule has 0 saturated heterocycles. The molecule has 0 aromatic heterocycles. The van der Waals surface area contributed by atoms with Gasteiger partial charge in [-0.2, -0.15) is 0 Å². The Bertz CT molecular complexity index is 848. The Morgan fingerprint density at radius 2 is 1.63 bits per heavy atom. The lowest BCUT2D eigenvalue weighted by Crippen LogP contribution is -2.35. The smallest absolute Gasteiger partial charge is 0.326 e. The highest BCUT2D eigenvalue weighted by Crippen LogP contribution is 2.12. The first kappa shape index (κ1) is 19.8. The van der Waals surface area contributed by atoms with Crippen LogP contribution >= 0.6 is 0 Å². The van der Waals surface area contributed by atoms with Crippen molar-refractivity contribution in [1.82, 2.24) is 5.32 Å². The molecule has 0 saturated carbocycles. The lowest BCUT2D eigenvalue weighted by atomic mass is 10.1. The zero-order valence-corrected chi connectivity index (χ0v) is 15.0. The molecule has 0 aliphatic carbocycles. The number of ketones is 1. The van der Waals surface area contributed by atoms with Crippen LogP contribution in [0.4, 0.5) is 5.69 Å². The molecular weight excluding hydrogens is 348 g/mol. The zero-order chi connectivity index (χ0) is 19.8. The van der Waals surface area contributed by atoms with Crippen LogP contribution in [0.2, 0.25) is 0 Å². The first-order valence-corrected chi connectivity index (χ1v) is 8.31. The maximum absolute atomic E-state index is 12.1. The van der Waals surface area contributed by atoms with E-state index in [0.717, 1.165) is 0 Å². The molecule has 2 rings (SSSR count). The molecule has 2 aromatic rings. The van der Waals surface area contributed by atoms with Crippen molar-refractivity contribution in [3.8, 4) is 0 Å². The molecule has 0 unspecified atom stereocenters. The number of ether oxygens (including phenoxy) is 1. The number of carbonyl (C=O) groups is 4. The van der Waals surface area contributed by atoms with Gasteiger partial charge in [0.05, 0.1) is 0 Å². The second-order valence-electron chi connectivity index (χ2n) is 5.81. The standard InChI is InChI=1S/C20H20N2O5/c1-13(23)16-9-6-10-17(11-16)22-19(25)14(2)27-18(24)12-21-20(26)15-7-4-3-5-8-15/h3-11,14H,12H2,1-2H3,(H,21,26)(H,22,25)/t14-/m1/s1. The number of benzene rings is 2. The first-order valence-electron chi connectivity index (χ1n) is 8.31. The Morgan fingerprint density at radius 3 is 2.30 bits per heavy atom. The van der Waals surface area contributed by atoms with Crippen molar-refractivity contribution >= 4 is 29.3 Å². The molecule has 0 aliphatic rings. The van der Waals surface area contributed by atoms with E-state index < -0.39 is 23.9 Å². The molecule has 7 nitrogen and oxygen atoms in total. The van der Waals surface area contributed by atoms with Crippen LogP contribution in [0.25, 0.3) is 0 Å². The minimum absolute atomic E-state index is 0.125. The van der Waals surface area contributed by atoms with Crippen LogP contribution in [0, 0.1) is 0 Å². The van der Waals surface area contributed by atoms with Crippen molar-refractivity contribution in [2.75, 3.05) is 11.9 Å². The van der Waals surface area contributed by atoms with Crippen LogP contribution in [0.1, 0.15) is 34.6 Å². The van der Waals surface area contributed by atoms with Gasteiger partial charge in [0.25, 0.3) is 11.8 Å². The summed E-state index contributed by atoms with van der Waals surface area (Å²) in [5.74, 6) is -1.82. The van der Waals surface area contributed by atoms with E-state index >= 15 is 0 Å². The second kappa shape index (κ2) is 9.28. The highest BCUT2D eigenvalue weighted by Gasteiger charge is 2.18. The number of nitrogens with one attached hydrogen (secondary N) is 2.